The standard InChI is InChI=1S/C16H15FN4O3S.ClH/c1-21(25(18,23)24)9-11-3-2-10(8-14(11)17)12-6-7-19-16-13(12)4-5-15(22)20-16;/h2-8H,9H2,1H3,(H2,18,23,24)(H,19,20,22);1H. The number of H-pyrrole nitrogens is 1. The van der Waals surface area contributed by atoms with Gasteiger partial charge in [-0.1, -0.05) is 12.1 Å². The summed E-state index contributed by atoms with van der Waals surface area (Å²) in [4.78, 5) is 18.1. The average Bonchev–Trinajstić information content (AvgIpc) is 2.55. The summed E-state index contributed by atoms with van der Waals surface area (Å²) in [6.07, 6.45) is 1.52. The highest BCUT2D eigenvalue weighted by atomic mass is 35.5. The van der Waals surface area contributed by atoms with E-state index in [0.29, 0.717) is 22.2 Å². The van der Waals surface area contributed by atoms with Crippen LogP contribution in [0.3, 0.4) is 0 Å². The Labute approximate surface area is 155 Å². The van der Waals surface area contributed by atoms with Crippen molar-refractivity contribution in [3.63, 3.8) is 0 Å². The normalized spacial score (nSPS) is 11.5. The van der Waals surface area contributed by atoms with Gasteiger partial charge in [-0.15, -0.1) is 12.4 Å². The first-order valence-electron chi connectivity index (χ1n) is 7.26. The van der Waals surface area contributed by atoms with E-state index in [9.17, 15) is 17.6 Å². The van der Waals surface area contributed by atoms with Crippen LogP contribution in [0, 0.1) is 5.82 Å². The maximum atomic E-state index is 14.4. The molecule has 0 aliphatic carbocycles. The van der Waals surface area contributed by atoms with Gasteiger partial charge >= 0.3 is 0 Å². The first kappa shape index (κ1) is 20.0. The van der Waals surface area contributed by atoms with Gasteiger partial charge in [0.15, 0.2) is 0 Å². The SMILES string of the molecule is CN(Cc1ccc(-c2ccnc3[nH]c(=O)ccc23)cc1F)S(N)(=O)=O.Cl. The van der Waals surface area contributed by atoms with Crippen molar-refractivity contribution in [2.45, 2.75) is 6.54 Å². The van der Waals surface area contributed by atoms with E-state index in [2.05, 4.69) is 9.97 Å². The Morgan fingerprint density at radius 1 is 1.23 bits per heavy atom. The minimum Gasteiger partial charge on any atom is -0.307 e. The zero-order valence-corrected chi connectivity index (χ0v) is 15.3. The van der Waals surface area contributed by atoms with Crippen molar-refractivity contribution < 1.29 is 12.8 Å². The molecular formula is C16H16ClFN4O3S. The number of nitrogens with one attached hydrogen (secondary N) is 1. The van der Waals surface area contributed by atoms with Crippen LogP contribution in [0.1, 0.15) is 5.56 Å². The second kappa shape index (κ2) is 7.50. The molecule has 3 rings (SSSR count). The smallest absolute Gasteiger partial charge is 0.276 e. The highest BCUT2D eigenvalue weighted by Gasteiger charge is 2.15. The number of hydrogen-bond acceptors (Lipinski definition) is 4. The van der Waals surface area contributed by atoms with Crippen molar-refractivity contribution in [1.29, 1.82) is 0 Å². The van der Waals surface area contributed by atoms with Gasteiger partial charge in [0, 0.05) is 36.8 Å². The lowest BCUT2D eigenvalue weighted by Crippen LogP contribution is -2.32. The van der Waals surface area contributed by atoms with Gasteiger partial charge in [0.25, 0.3) is 10.2 Å². The van der Waals surface area contributed by atoms with E-state index in [1.807, 2.05) is 0 Å². The molecule has 138 valence electrons. The Balaban J connectivity index is 0.00000243. The van der Waals surface area contributed by atoms with Gasteiger partial charge in [-0.3, -0.25) is 4.79 Å². The molecule has 2 aromatic heterocycles. The Morgan fingerprint density at radius 2 is 1.96 bits per heavy atom. The number of nitrogens with zero attached hydrogens (tertiary/aromatic N) is 2. The van der Waals surface area contributed by atoms with E-state index in [0.717, 1.165) is 4.31 Å². The van der Waals surface area contributed by atoms with Crippen LogP contribution in [0.25, 0.3) is 22.2 Å². The van der Waals surface area contributed by atoms with Crippen LogP contribution in [0.4, 0.5) is 4.39 Å². The van der Waals surface area contributed by atoms with E-state index in [1.165, 1.54) is 31.4 Å². The number of aromatic nitrogens is 2. The molecule has 0 radical (unpaired) electrons. The first-order valence-corrected chi connectivity index (χ1v) is 8.77. The van der Waals surface area contributed by atoms with E-state index < -0.39 is 16.0 Å². The van der Waals surface area contributed by atoms with E-state index >= 15 is 0 Å². The van der Waals surface area contributed by atoms with Crippen molar-refractivity contribution in [3.8, 4) is 11.1 Å². The Kier molecular flexibility index (Phi) is 5.77. The van der Waals surface area contributed by atoms with Gasteiger partial charge in [-0.05, 0) is 29.3 Å². The molecule has 7 nitrogen and oxygen atoms in total. The lowest BCUT2D eigenvalue weighted by Gasteiger charge is -2.15. The number of aromatic amines is 1. The van der Waals surface area contributed by atoms with Crippen molar-refractivity contribution >= 4 is 33.6 Å². The molecule has 0 fully saturated rings. The summed E-state index contributed by atoms with van der Waals surface area (Å²) in [6.45, 7) is -0.171. The maximum Gasteiger partial charge on any atom is 0.276 e. The van der Waals surface area contributed by atoms with Gasteiger partial charge in [-0.2, -0.15) is 12.7 Å². The maximum absolute atomic E-state index is 14.4. The third-order valence-corrected chi connectivity index (χ3v) is 4.82. The van der Waals surface area contributed by atoms with Crippen LogP contribution < -0.4 is 10.7 Å². The van der Waals surface area contributed by atoms with Gasteiger partial charge in [0.05, 0.1) is 0 Å². The van der Waals surface area contributed by atoms with Crippen molar-refractivity contribution in [2.24, 2.45) is 5.14 Å². The zero-order chi connectivity index (χ0) is 18.2. The number of halogens is 2. The summed E-state index contributed by atoms with van der Waals surface area (Å²) in [5.41, 5.74) is 1.62. The molecule has 0 bridgehead atoms. The highest BCUT2D eigenvalue weighted by molar-refractivity contribution is 7.86. The second-order valence-corrected chi connectivity index (χ2v) is 7.20. The van der Waals surface area contributed by atoms with Gasteiger partial charge < -0.3 is 4.98 Å². The first-order chi connectivity index (χ1) is 11.8. The van der Waals surface area contributed by atoms with Crippen molar-refractivity contribution in [1.82, 2.24) is 14.3 Å². The summed E-state index contributed by atoms with van der Waals surface area (Å²) in [5, 5.41) is 5.69. The van der Waals surface area contributed by atoms with E-state index in [-0.39, 0.29) is 30.1 Å². The molecule has 0 atom stereocenters. The summed E-state index contributed by atoms with van der Waals surface area (Å²) in [6, 6.07) is 9.20. The number of nitrogens with two attached hydrogens (primary N) is 1. The van der Waals surface area contributed by atoms with Crippen LogP contribution in [0.2, 0.25) is 0 Å². The predicted octanol–water partition coefficient (Wildman–Crippen LogP) is 1.79. The summed E-state index contributed by atoms with van der Waals surface area (Å²) in [5.74, 6) is -0.553. The summed E-state index contributed by atoms with van der Waals surface area (Å²) in [7, 11) is -2.62. The van der Waals surface area contributed by atoms with Crippen LogP contribution in [0.15, 0.2) is 47.4 Å². The number of hydrogen-bond donors (Lipinski definition) is 2. The zero-order valence-electron chi connectivity index (χ0n) is 13.6. The van der Waals surface area contributed by atoms with Crippen LogP contribution in [-0.2, 0) is 16.8 Å². The summed E-state index contributed by atoms with van der Waals surface area (Å²) < 4.78 is 37.8. The monoisotopic (exact) mass is 398 g/mol. The van der Waals surface area contributed by atoms with Gasteiger partial charge in [0.2, 0.25) is 5.56 Å². The topological polar surface area (TPSA) is 109 Å². The Morgan fingerprint density at radius 3 is 2.62 bits per heavy atom. The molecule has 26 heavy (non-hydrogen) atoms. The van der Waals surface area contributed by atoms with Crippen molar-refractivity contribution in [2.75, 3.05) is 7.05 Å². The lowest BCUT2D eigenvalue weighted by atomic mass is 10.0. The number of fused-ring (bicyclic) bond motifs is 1. The molecule has 2 heterocycles. The molecule has 0 amide bonds. The second-order valence-electron chi connectivity index (χ2n) is 5.55. The minimum atomic E-state index is -3.89. The molecule has 3 N–H and O–H groups in total. The average molecular weight is 399 g/mol. The molecule has 1 aromatic carbocycles. The molecule has 0 saturated carbocycles. The molecule has 0 spiro atoms. The molecule has 0 unspecified atom stereocenters. The fourth-order valence-electron chi connectivity index (χ4n) is 2.48. The number of benzene rings is 1. The number of pyridine rings is 2. The number of rotatable bonds is 4. The fourth-order valence-corrected chi connectivity index (χ4v) is 2.80. The lowest BCUT2D eigenvalue weighted by molar-refractivity contribution is 0.457. The predicted molar refractivity (Wildman–Crippen MR) is 99.6 cm³/mol. The van der Waals surface area contributed by atoms with Crippen molar-refractivity contribution in [3.05, 3.63) is 64.3 Å². The molecular weight excluding hydrogens is 383 g/mol. The van der Waals surface area contributed by atoms with Gasteiger partial charge in [0.1, 0.15) is 11.5 Å². The highest BCUT2D eigenvalue weighted by Crippen LogP contribution is 2.27. The molecule has 0 saturated heterocycles. The Bertz CT molecular complexity index is 1120. The van der Waals surface area contributed by atoms with Crippen LogP contribution in [-0.4, -0.2) is 29.7 Å². The molecule has 3 aromatic rings. The molecule has 0 aliphatic heterocycles. The third-order valence-electron chi connectivity index (χ3n) is 3.82. The minimum absolute atomic E-state index is 0. The largest absolute Gasteiger partial charge is 0.307 e. The third kappa shape index (κ3) is 4.07. The molecule has 10 heteroatoms. The van der Waals surface area contributed by atoms with Crippen LogP contribution in [0.5, 0.6) is 0 Å². The fraction of sp³-hybridized carbons (Fsp3) is 0.125. The molecule has 0 aliphatic rings. The van der Waals surface area contributed by atoms with E-state index in [1.54, 1.807) is 18.2 Å². The Hall–Kier alpha value is -2.33. The van der Waals surface area contributed by atoms with Crippen LogP contribution >= 0.6 is 12.4 Å². The van der Waals surface area contributed by atoms with E-state index in [4.69, 9.17) is 5.14 Å². The quantitative estimate of drug-likeness (QED) is 0.698. The van der Waals surface area contributed by atoms with Gasteiger partial charge in [-0.25, -0.2) is 14.5 Å². The summed E-state index contributed by atoms with van der Waals surface area (Å²) >= 11 is 0.